The molecule has 2 aliphatic rings. The third-order valence-corrected chi connectivity index (χ3v) is 7.45. The molecule has 160 valence electrons. The Labute approximate surface area is 174 Å². The molecule has 2 saturated heterocycles. The number of hydrogen-bond acceptors (Lipinski definition) is 4. The highest BCUT2D eigenvalue weighted by Gasteiger charge is 2.33. The Balaban J connectivity index is 1.63. The molecule has 2 aromatic carbocycles. The van der Waals surface area contributed by atoms with Gasteiger partial charge < -0.3 is 9.64 Å². The summed E-state index contributed by atoms with van der Waals surface area (Å²) in [5.74, 6) is -1.62. The van der Waals surface area contributed by atoms with Crippen molar-refractivity contribution in [3.8, 4) is 0 Å². The summed E-state index contributed by atoms with van der Waals surface area (Å²) in [5.41, 5.74) is 0.919. The number of hydrogen-bond donors (Lipinski definition) is 0. The smallest absolute Gasteiger partial charge is 0.254 e. The number of carbonyl (C=O) groups is 1. The van der Waals surface area contributed by atoms with Crippen molar-refractivity contribution in [2.24, 2.45) is 0 Å². The van der Waals surface area contributed by atoms with Crippen molar-refractivity contribution in [1.29, 1.82) is 0 Å². The van der Waals surface area contributed by atoms with Crippen LogP contribution in [0.25, 0.3) is 0 Å². The van der Waals surface area contributed by atoms with Crippen molar-refractivity contribution in [1.82, 2.24) is 9.21 Å². The van der Waals surface area contributed by atoms with Crippen LogP contribution in [0.5, 0.6) is 0 Å². The van der Waals surface area contributed by atoms with Crippen LogP contribution in [0, 0.1) is 11.6 Å². The highest BCUT2D eigenvalue weighted by atomic mass is 32.2. The Morgan fingerprint density at radius 1 is 1.00 bits per heavy atom. The average Bonchev–Trinajstić information content (AvgIpc) is 3.24. The number of ether oxygens (including phenoxy) is 1. The zero-order valence-corrected chi connectivity index (χ0v) is 17.1. The highest BCUT2D eigenvalue weighted by Crippen LogP contribution is 2.34. The van der Waals surface area contributed by atoms with Crippen molar-refractivity contribution in [3.63, 3.8) is 0 Å². The van der Waals surface area contributed by atoms with E-state index in [0.717, 1.165) is 30.5 Å². The first-order valence-electron chi connectivity index (χ1n) is 9.82. The summed E-state index contributed by atoms with van der Waals surface area (Å²) in [6.45, 7) is 1.25. The molecule has 0 bridgehead atoms. The van der Waals surface area contributed by atoms with E-state index in [2.05, 4.69) is 0 Å². The third-order valence-electron chi connectivity index (χ3n) is 5.53. The molecule has 2 aliphatic heterocycles. The van der Waals surface area contributed by atoms with E-state index in [0.29, 0.717) is 6.54 Å². The Hall–Kier alpha value is -2.36. The van der Waals surface area contributed by atoms with Gasteiger partial charge in [0, 0.05) is 25.2 Å². The second-order valence-electron chi connectivity index (χ2n) is 7.37. The van der Waals surface area contributed by atoms with Crippen molar-refractivity contribution >= 4 is 15.9 Å². The van der Waals surface area contributed by atoms with Crippen molar-refractivity contribution in [2.75, 3.05) is 32.8 Å². The number of halogens is 2. The second kappa shape index (κ2) is 8.41. The Morgan fingerprint density at radius 3 is 2.40 bits per heavy atom. The molecule has 2 aromatic rings. The summed E-state index contributed by atoms with van der Waals surface area (Å²) in [5, 5.41) is 0. The van der Waals surface area contributed by atoms with Gasteiger partial charge in [0.15, 0.2) is 0 Å². The van der Waals surface area contributed by atoms with Gasteiger partial charge in [-0.2, -0.15) is 4.31 Å². The minimum atomic E-state index is -4.08. The Morgan fingerprint density at radius 2 is 1.70 bits per heavy atom. The van der Waals surface area contributed by atoms with Crippen LogP contribution in [0.4, 0.5) is 8.78 Å². The van der Waals surface area contributed by atoms with Gasteiger partial charge >= 0.3 is 0 Å². The molecule has 0 saturated carbocycles. The maximum Gasteiger partial charge on any atom is 0.254 e. The van der Waals surface area contributed by atoms with Gasteiger partial charge in [0.25, 0.3) is 5.91 Å². The number of sulfonamides is 1. The van der Waals surface area contributed by atoms with Crippen LogP contribution in [0.2, 0.25) is 0 Å². The fourth-order valence-corrected chi connectivity index (χ4v) is 5.47. The van der Waals surface area contributed by atoms with E-state index < -0.39 is 20.7 Å². The number of benzene rings is 2. The number of morpholine rings is 1. The molecule has 0 spiro atoms. The number of nitrogens with zero attached hydrogens (tertiary/aromatic N) is 2. The first kappa shape index (κ1) is 20.9. The van der Waals surface area contributed by atoms with E-state index in [1.54, 1.807) is 17.0 Å². The van der Waals surface area contributed by atoms with E-state index in [1.165, 1.54) is 22.5 Å². The van der Waals surface area contributed by atoms with Crippen LogP contribution in [-0.2, 0) is 14.8 Å². The lowest BCUT2D eigenvalue weighted by Gasteiger charge is -2.27. The summed E-state index contributed by atoms with van der Waals surface area (Å²) in [7, 11) is -4.08. The van der Waals surface area contributed by atoms with Crippen LogP contribution in [0.15, 0.2) is 47.4 Å². The molecule has 1 atom stereocenters. The van der Waals surface area contributed by atoms with Crippen LogP contribution < -0.4 is 0 Å². The SMILES string of the molecule is O=C(c1ccc(F)c(S(=O)(=O)N2CCOCC2)c1)N1CCCC1c1ccc(F)cc1. The van der Waals surface area contributed by atoms with E-state index in [-0.39, 0.29) is 49.6 Å². The fourth-order valence-electron chi connectivity index (χ4n) is 3.97. The molecule has 30 heavy (non-hydrogen) atoms. The average molecular weight is 436 g/mol. The molecule has 4 rings (SSSR count). The molecule has 2 fully saturated rings. The first-order valence-corrected chi connectivity index (χ1v) is 11.3. The van der Waals surface area contributed by atoms with E-state index in [4.69, 9.17) is 4.74 Å². The van der Waals surface area contributed by atoms with Gasteiger partial charge in [-0.15, -0.1) is 0 Å². The summed E-state index contributed by atoms with van der Waals surface area (Å²) in [6, 6.07) is 9.18. The van der Waals surface area contributed by atoms with Gasteiger partial charge in [-0.25, -0.2) is 17.2 Å². The lowest BCUT2D eigenvalue weighted by atomic mass is 10.0. The minimum Gasteiger partial charge on any atom is -0.379 e. The van der Waals surface area contributed by atoms with Gasteiger partial charge in [-0.3, -0.25) is 4.79 Å². The quantitative estimate of drug-likeness (QED) is 0.739. The molecule has 9 heteroatoms. The summed E-state index contributed by atoms with van der Waals surface area (Å²) in [6.07, 6.45) is 1.49. The summed E-state index contributed by atoms with van der Waals surface area (Å²) in [4.78, 5) is 14.3. The topological polar surface area (TPSA) is 66.9 Å². The number of amides is 1. The summed E-state index contributed by atoms with van der Waals surface area (Å²) >= 11 is 0. The lowest BCUT2D eigenvalue weighted by Crippen LogP contribution is -2.41. The maximum absolute atomic E-state index is 14.4. The van der Waals surface area contributed by atoms with Crippen LogP contribution in [-0.4, -0.2) is 56.4 Å². The predicted molar refractivity (Wildman–Crippen MR) is 105 cm³/mol. The van der Waals surface area contributed by atoms with Crippen LogP contribution >= 0.6 is 0 Å². The summed E-state index contributed by atoms with van der Waals surface area (Å²) < 4.78 is 59.8. The molecule has 0 N–H and O–H groups in total. The molecule has 0 aliphatic carbocycles. The number of rotatable bonds is 4. The minimum absolute atomic E-state index is 0.109. The van der Waals surface area contributed by atoms with E-state index in [9.17, 15) is 22.0 Å². The van der Waals surface area contributed by atoms with E-state index >= 15 is 0 Å². The standard InChI is InChI=1S/C21H22F2N2O4S/c22-17-6-3-15(4-7-17)19-2-1-9-25(19)21(26)16-5-8-18(23)20(14-16)30(27,28)24-10-12-29-13-11-24/h3-8,14,19H,1-2,9-13H2. The first-order chi connectivity index (χ1) is 14.4. The molecule has 2 heterocycles. The largest absolute Gasteiger partial charge is 0.379 e. The predicted octanol–water partition coefficient (Wildman–Crippen LogP) is 2.96. The second-order valence-corrected chi connectivity index (χ2v) is 9.28. The third kappa shape index (κ3) is 3.97. The fraction of sp³-hybridized carbons (Fsp3) is 0.381. The van der Waals surface area contributed by atoms with E-state index in [1.807, 2.05) is 0 Å². The van der Waals surface area contributed by atoms with Gasteiger partial charge in [0.05, 0.1) is 19.3 Å². The van der Waals surface area contributed by atoms with Crippen LogP contribution in [0.1, 0.15) is 34.8 Å². The zero-order chi connectivity index (χ0) is 21.3. The molecule has 6 nitrogen and oxygen atoms in total. The van der Waals surface area contributed by atoms with Crippen molar-refractivity contribution in [3.05, 3.63) is 65.2 Å². The Kier molecular flexibility index (Phi) is 5.86. The van der Waals surface area contributed by atoms with Gasteiger partial charge in [-0.1, -0.05) is 12.1 Å². The van der Waals surface area contributed by atoms with Crippen LogP contribution in [0.3, 0.4) is 0 Å². The van der Waals surface area contributed by atoms with Gasteiger partial charge in [0.2, 0.25) is 10.0 Å². The van der Waals surface area contributed by atoms with Crippen molar-refractivity contribution < 1.29 is 26.7 Å². The Bertz CT molecular complexity index is 1040. The lowest BCUT2D eigenvalue weighted by molar-refractivity contribution is 0.0726. The monoisotopic (exact) mass is 436 g/mol. The van der Waals surface area contributed by atoms with Gasteiger partial charge in [0.1, 0.15) is 16.5 Å². The van der Waals surface area contributed by atoms with Crippen molar-refractivity contribution in [2.45, 2.75) is 23.8 Å². The normalized spacial score (nSPS) is 20.5. The molecule has 0 aromatic heterocycles. The molecular weight excluding hydrogens is 414 g/mol. The number of likely N-dealkylation sites (tertiary alicyclic amines) is 1. The zero-order valence-electron chi connectivity index (χ0n) is 16.3. The number of carbonyl (C=O) groups excluding carboxylic acids is 1. The highest BCUT2D eigenvalue weighted by molar-refractivity contribution is 7.89. The molecular formula is C21H22F2N2O4S. The maximum atomic E-state index is 14.4. The molecule has 1 unspecified atom stereocenters. The molecule has 0 radical (unpaired) electrons. The van der Waals surface area contributed by atoms with Gasteiger partial charge in [-0.05, 0) is 48.7 Å². The molecule has 1 amide bonds.